The summed E-state index contributed by atoms with van der Waals surface area (Å²) in [4.78, 5) is 16.3. The Bertz CT molecular complexity index is 1250. The van der Waals surface area contributed by atoms with Crippen LogP contribution in [0.1, 0.15) is 76.0 Å². The monoisotopic (exact) mass is 562 g/mol. The van der Waals surface area contributed by atoms with E-state index in [1.807, 2.05) is 68.1 Å². The molecule has 1 aliphatic heterocycles. The van der Waals surface area contributed by atoms with E-state index >= 15 is 0 Å². The van der Waals surface area contributed by atoms with Crippen molar-refractivity contribution < 1.29 is 13.2 Å². The number of hydrogen-bond donors (Lipinski definition) is 1. The summed E-state index contributed by atoms with van der Waals surface area (Å²) in [5.74, 6) is -0.0567. The van der Waals surface area contributed by atoms with Gasteiger partial charge in [0.05, 0.1) is 16.7 Å². The molecule has 37 heavy (non-hydrogen) atoms. The first-order valence-electron chi connectivity index (χ1n) is 13.0. The van der Waals surface area contributed by atoms with E-state index in [0.717, 1.165) is 11.1 Å². The molecule has 2 aromatic rings. The quantitative estimate of drug-likeness (QED) is 0.321. The Labute approximate surface area is 231 Å². The molecule has 1 saturated heterocycles. The van der Waals surface area contributed by atoms with Gasteiger partial charge in [-0.2, -0.15) is 0 Å². The average Bonchev–Trinajstić information content (AvgIpc) is 3.69. The van der Waals surface area contributed by atoms with Crippen LogP contribution < -0.4 is 4.72 Å². The molecule has 2 aromatic carbocycles. The summed E-state index contributed by atoms with van der Waals surface area (Å²) in [6.07, 6.45) is 4.89. The highest BCUT2D eigenvalue weighted by atomic mass is 35.5. The Hall–Kier alpha value is -1.86. The number of carbonyl (C=O) groups excluding carboxylic acids is 1. The molecule has 1 amide bonds. The highest BCUT2D eigenvalue weighted by Crippen LogP contribution is 2.52. The lowest BCUT2D eigenvalue weighted by Gasteiger charge is -2.53. The maximum atomic E-state index is 14.4. The van der Waals surface area contributed by atoms with Gasteiger partial charge in [-0.3, -0.25) is 4.79 Å². The van der Waals surface area contributed by atoms with Crippen molar-refractivity contribution in [3.05, 3.63) is 82.4 Å². The van der Waals surface area contributed by atoms with E-state index in [-0.39, 0.29) is 29.2 Å². The molecular formula is C29H36Cl2N2O3S. The molecule has 0 spiro atoms. The summed E-state index contributed by atoms with van der Waals surface area (Å²) in [5, 5.41) is 0.923. The van der Waals surface area contributed by atoms with Gasteiger partial charge in [0, 0.05) is 28.0 Å². The predicted molar refractivity (Wildman–Crippen MR) is 151 cm³/mol. The fourth-order valence-electron chi connectivity index (χ4n) is 5.86. The number of halogens is 2. The topological polar surface area (TPSA) is 66.5 Å². The van der Waals surface area contributed by atoms with Gasteiger partial charge in [0.1, 0.15) is 0 Å². The zero-order valence-corrected chi connectivity index (χ0v) is 24.0. The first-order valence-corrected chi connectivity index (χ1v) is 15.3. The molecule has 1 aliphatic carbocycles. The van der Waals surface area contributed by atoms with Gasteiger partial charge < -0.3 is 4.90 Å². The number of carbonyl (C=O) groups is 1. The van der Waals surface area contributed by atoms with Gasteiger partial charge in [-0.15, -0.1) is 6.58 Å². The van der Waals surface area contributed by atoms with E-state index in [0.29, 0.717) is 42.1 Å². The minimum Gasteiger partial charge on any atom is -0.330 e. The van der Waals surface area contributed by atoms with Crippen molar-refractivity contribution in [2.45, 2.75) is 82.2 Å². The lowest BCUT2D eigenvalue weighted by Crippen LogP contribution is -2.60. The van der Waals surface area contributed by atoms with Gasteiger partial charge in [0.2, 0.25) is 15.9 Å². The molecule has 5 nitrogen and oxygen atoms in total. The Morgan fingerprint density at radius 1 is 1.14 bits per heavy atom. The highest BCUT2D eigenvalue weighted by molar-refractivity contribution is 7.90. The third-order valence-corrected chi connectivity index (χ3v) is 10.4. The minimum absolute atomic E-state index is 0.00921. The van der Waals surface area contributed by atoms with Gasteiger partial charge in [-0.1, -0.05) is 67.4 Å². The van der Waals surface area contributed by atoms with E-state index in [4.69, 9.17) is 23.2 Å². The summed E-state index contributed by atoms with van der Waals surface area (Å²) in [6, 6.07) is 14.3. The van der Waals surface area contributed by atoms with Gasteiger partial charge in [-0.25, -0.2) is 13.1 Å². The Morgan fingerprint density at radius 2 is 1.81 bits per heavy atom. The number of nitrogens with zero attached hydrogens (tertiary/aromatic N) is 1. The zero-order valence-electron chi connectivity index (χ0n) is 21.7. The SMILES string of the molecule is C=CC[C@@]1(C)C[C@H](c2cccc(Cl)c2)[C@@H](c2ccc(Cl)cc2)N([C@@H](CC)C(C)NS(=O)(=O)C2CC2)C1=O. The van der Waals surface area contributed by atoms with Crippen LogP contribution in [-0.4, -0.2) is 36.6 Å². The number of sulfonamides is 1. The molecule has 4 rings (SSSR count). The smallest absolute Gasteiger partial charge is 0.229 e. The first kappa shape index (κ1) is 28.2. The number of nitrogens with one attached hydrogen (secondary N) is 1. The predicted octanol–water partition coefficient (Wildman–Crippen LogP) is 6.88. The van der Waals surface area contributed by atoms with Gasteiger partial charge >= 0.3 is 0 Å². The first-order chi connectivity index (χ1) is 17.5. The Kier molecular flexibility index (Phi) is 8.44. The maximum Gasteiger partial charge on any atom is 0.229 e. The van der Waals surface area contributed by atoms with E-state index in [1.165, 1.54) is 0 Å². The highest BCUT2D eigenvalue weighted by Gasteiger charge is 2.52. The Balaban J connectivity index is 1.86. The molecule has 1 saturated carbocycles. The van der Waals surface area contributed by atoms with Crippen molar-refractivity contribution in [1.29, 1.82) is 0 Å². The fourth-order valence-corrected chi connectivity index (χ4v) is 7.81. The molecule has 0 bridgehead atoms. The normalized spacial score (nSPS) is 26.1. The molecule has 1 N–H and O–H groups in total. The molecule has 2 aliphatic rings. The van der Waals surface area contributed by atoms with Crippen molar-refractivity contribution in [3.8, 4) is 0 Å². The Morgan fingerprint density at radius 3 is 2.38 bits per heavy atom. The number of hydrogen-bond acceptors (Lipinski definition) is 3. The number of benzene rings is 2. The van der Waals surface area contributed by atoms with Crippen LogP contribution in [0.3, 0.4) is 0 Å². The van der Waals surface area contributed by atoms with Gasteiger partial charge in [-0.05, 0) is 74.4 Å². The molecule has 8 heteroatoms. The minimum atomic E-state index is -3.43. The van der Waals surface area contributed by atoms with Crippen LogP contribution in [0, 0.1) is 5.41 Å². The van der Waals surface area contributed by atoms with Crippen LogP contribution in [0.5, 0.6) is 0 Å². The molecular weight excluding hydrogens is 527 g/mol. The van der Waals surface area contributed by atoms with Crippen molar-refractivity contribution in [1.82, 2.24) is 9.62 Å². The van der Waals surface area contributed by atoms with Crippen LogP contribution in [-0.2, 0) is 14.8 Å². The van der Waals surface area contributed by atoms with Crippen molar-refractivity contribution in [3.63, 3.8) is 0 Å². The lowest BCUT2D eigenvalue weighted by molar-refractivity contribution is -0.155. The molecule has 0 aromatic heterocycles. The largest absolute Gasteiger partial charge is 0.330 e. The van der Waals surface area contributed by atoms with Crippen molar-refractivity contribution in [2.75, 3.05) is 0 Å². The van der Waals surface area contributed by atoms with Crippen LogP contribution in [0.4, 0.5) is 0 Å². The summed E-state index contributed by atoms with van der Waals surface area (Å²) in [7, 11) is -3.43. The van der Waals surface area contributed by atoms with Crippen LogP contribution in [0.15, 0.2) is 61.2 Å². The maximum absolute atomic E-state index is 14.4. The number of allylic oxidation sites excluding steroid dienone is 1. The second kappa shape index (κ2) is 11.1. The van der Waals surface area contributed by atoms with Crippen LogP contribution in [0.2, 0.25) is 10.0 Å². The molecule has 1 heterocycles. The standard InChI is InChI=1S/C29H36Cl2N2O3S/c1-5-16-29(4)18-25(21-8-7-9-23(31)17-21)27(20-10-12-22(30)13-11-20)33(28(29)34)26(6-2)19(3)32-37(35,36)24-14-15-24/h5,7-13,17,19,24-27,32H,1,6,14-16,18H2,2-4H3/t19?,25-,26+,27-,29+/m1/s1. The number of amides is 1. The third-order valence-electron chi connectivity index (χ3n) is 7.85. The molecule has 2 fully saturated rings. The number of piperidine rings is 1. The van der Waals surface area contributed by atoms with E-state index in [1.54, 1.807) is 6.08 Å². The number of rotatable bonds is 10. The van der Waals surface area contributed by atoms with Gasteiger partial charge in [0.25, 0.3) is 0 Å². The summed E-state index contributed by atoms with van der Waals surface area (Å²) in [6.45, 7) is 9.80. The van der Waals surface area contributed by atoms with Crippen molar-refractivity contribution >= 4 is 39.1 Å². The van der Waals surface area contributed by atoms with Crippen LogP contribution >= 0.6 is 23.2 Å². The second-order valence-corrected chi connectivity index (χ2v) is 13.6. The molecule has 200 valence electrons. The van der Waals surface area contributed by atoms with E-state index in [9.17, 15) is 13.2 Å². The summed E-state index contributed by atoms with van der Waals surface area (Å²) in [5.41, 5.74) is 1.31. The van der Waals surface area contributed by atoms with E-state index < -0.39 is 21.5 Å². The van der Waals surface area contributed by atoms with Gasteiger partial charge in [0.15, 0.2) is 0 Å². The summed E-state index contributed by atoms with van der Waals surface area (Å²) >= 11 is 12.7. The average molecular weight is 564 g/mol. The second-order valence-electron chi connectivity index (χ2n) is 10.8. The lowest BCUT2D eigenvalue weighted by atomic mass is 9.67. The zero-order chi connectivity index (χ0) is 27.0. The summed E-state index contributed by atoms with van der Waals surface area (Å²) < 4.78 is 28.7. The van der Waals surface area contributed by atoms with E-state index in [2.05, 4.69) is 17.4 Å². The molecule has 1 unspecified atom stereocenters. The fraction of sp³-hybridized carbons (Fsp3) is 0.483. The number of likely N-dealkylation sites (tertiary alicyclic amines) is 1. The third kappa shape index (κ3) is 5.93. The van der Waals surface area contributed by atoms with Crippen LogP contribution in [0.25, 0.3) is 0 Å². The van der Waals surface area contributed by atoms with Crippen molar-refractivity contribution in [2.24, 2.45) is 5.41 Å². The molecule has 0 radical (unpaired) electrons. The molecule has 5 atom stereocenters.